The van der Waals surface area contributed by atoms with Gasteiger partial charge in [-0.1, -0.05) is 31.9 Å². The van der Waals surface area contributed by atoms with Crippen molar-refractivity contribution in [3.8, 4) is 5.75 Å². The number of aliphatic hydroxyl groups is 1. The predicted molar refractivity (Wildman–Crippen MR) is 81.9 cm³/mol. The number of benzene rings is 1. The van der Waals surface area contributed by atoms with Crippen molar-refractivity contribution >= 4 is 0 Å². The van der Waals surface area contributed by atoms with E-state index in [1.165, 1.54) is 25.7 Å². The van der Waals surface area contributed by atoms with E-state index in [2.05, 4.69) is 12.2 Å². The van der Waals surface area contributed by atoms with E-state index in [-0.39, 0.29) is 0 Å². The molecule has 112 valence electrons. The Kier molecular flexibility index (Phi) is 5.86. The van der Waals surface area contributed by atoms with Crippen LogP contribution >= 0.6 is 0 Å². The summed E-state index contributed by atoms with van der Waals surface area (Å²) in [5, 5.41) is 13.6. The van der Waals surface area contributed by atoms with Crippen molar-refractivity contribution in [2.24, 2.45) is 11.8 Å². The smallest absolute Gasteiger partial charge is 0.119 e. The third-order valence-electron chi connectivity index (χ3n) is 4.38. The molecule has 20 heavy (non-hydrogen) atoms. The molecule has 0 aliphatic heterocycles. The second-order valence-electron chi connectivity index (χ2n) is 6.08. The summed E-state index contributed by atoms with van der Waals surface area (Å²) in [6.45, 7) is 3.98. The molecule has 0 bridgehead atoms. The summed E-state index contributed by atoms with van der Waals surface area (Å²) in [7, 11) is 1.65. The van der Waals surface area contributed by atoms with E-state index in [9.17, 15) is 5.11 Å². The third kappa shape index (κ3) is 4.50. The lowest BCUT2D eigenvalue weighted by molar-refractivity contribution is 0.169. The average Bonchev–Trinajstić information content (AvgIpc) is 2.49. The summed E-state index contributed by atoms with van der Waals surface area (Å²) in [4.78, 5) is 0. The first-order valence-electron chi connectivity index (χ1n) is 7.71. The maximum absolute atomic E-state index is 10.2. The molecule has 0 amide bonds. The Labute approximate surface area is 122 Å². The second-order valence-corrected chi connectivity index (χ2v) is 6.08. The van der Waals surface area contributed by atoms with Gasteiger partial charge in [-0.05, 0) is 48.9 Å². The molecule has 2 N–H and O–H groups in total. The highest BCUT2D eigenvalue weighted by molar-refractivity contribution is 5.29. The molecule has 1 aromatic rings. The third-order valence-corrected chi connectivity index (χ3v) is 4.38. The fourth-order valence-electron chi connectivity index (χ4n) is 2.92. The Hall–Kier alpha value is -1.06. The van der Waals surface area contributed by atoms with Crippen LogP contribution in [0.15, 0.2) is 24.3 Å². The summed E-state index contributed by atoms with van der Waals surface area (Å²) < 4.78 is 5.18. The first kappa shape index (κ1) is 15.3. The summed E-state index contributed by atoms with van der Waals surface area (Å²) in [5.41, 5.74) is 0.911. The molecular weight excluding hydrogens is 250 g/mol. The Bertz CT molecular complexity index is 400. The Morgan fingerprint density at radius 2 is 2.05 bits per heavy atom. The van der Waals surface area contributed by atoms with Gasteiger partial charge >= 0.3 is 0 Å². The summed E-state index contributed by atoms with van der Waals surface area (Å²) in [6.07, 6.45) is 4.88. The minimum absolute atomic E-state index is 0.465. The fourth-order valence-corrected chi connectivity index (χ4v) is 2.92. The van der Waals surface area contributed by atoms with Gasteiger partial charge in [-0.3, -0.25) is 0 Å². The standard InChI is InChI=1S/C17H27NO2/c1-13-6-8-14(9-7-13)11-18-12-17(19)15-4-3-5-16(10-15)20-2/h3-5,10,13-14,17-19H,6-9,11-12H2,1-2H3. The lowest BCUT2D eigenvalue weighted by Gasteiger charge is -2.26. The van der Waals surface area contributed by atoms with Gasteiger partial charge in [0.05, 0.1) is 13.2 Å². The number of ether oxygens (including phenoxy) is 1. The van der Waals surface area contributed by atoms with Crippen molar-refractivity contribution in [2.45, 2.75) is 38.7 Å². The van der Waals surface area contributed by atoms with E-state index in [0.29, 0.717) is 6.54 Å². The number of methoxy groups -OCH3 is 1. The SMILES string of the molecule is COc1cccc(C(O)CNCC2CCC(C)CC2)c1. The molecule has 0 heterocycles. The number of hydrogen-bond acceptors (Lipinski definition) is 3. The zero-order valence-electron chi connectivity index (χ0n) is 12.6. The number of hydrogen-bond donors (Lipinski definition) is 2. The summed E-state index contributed by atoms with van der Waals surface area (Å²) in [6, 6.07) is 7.65. The molecule has 3 nitrogen and oxygen atoms in total. The van der Waals surface area contributed by atoms with E-state index < -0.39 is 6.10 Å². The van der Waals surface area contributed by atoms with Crippen molar-refractivity contribution < 1.29 is 9.84 Å². The van der Waals surface area contributed by atoms with E-state index in [1.807, 2.05) is 24.3 Å². The molecule has 3 heteroatoms. The molecule has 1 aliphatic carbocycles. The molecule has 1 fully saturated rings. The van der Waals surface area contributed by atoms with Gasteiger partial charge in [-0.2, -0.15) is 0 Å². The average molecular weight is 277 g/mol. The van der Waals surface area contributed by atoms with Crippen LogP contribution in [0.25, 0.3) is 0 Å². The highest BCUT2D eigenvalue weighted by Gasteiger charge is 2.18. The minimum Gasteiger partial charge on any atom is -0.497 e. The second kappa shape index (κ2) is 7.65. The van der Waals surface area contributed by atoms with E-state index >= 15 is 0 Å². The lowest BCUT2D eigenvalue weighted by Crippen LogP contribution is -2.29. The zero-order valence-corrected chi connectivity index (χ0v) is 12.6. The van der Waals surface area contributed by atoms with Gasteiger partial charge in [0.25, 0.3) is 0 Å². The van der Waals surface area contributed by atoms with Crippen molar-refractivity contribution in [3.63, 3.8) is 0 Å². The van der Waals surface area contributed by atoms with Gasteiger partial charge in [-0.15, -0.1) is 0 Å². The van der Waals surface area contributed by atoms with Crippen molar-refractivity contribution in [3.05, 3.63) is 29.8 Å². The molecule has 0 aromatic heterocycles. The molecule has 1 unspecified atom stereocenters. The van der Waals surface area contributed by atoms with Crippen molar-refractivity contribution in [2.75, 3.05) is 20.2 Å². The van der Waals surface area contributed by atoms with Crippen LogP contribution in [-0.4, -0.2) is 25.3 Å². The van der Waals surface area contributed by atoms with Gasteiger partial charge < -0.3 is 15.2 Å². The first-order chi connectivity index (χ1) is 9.69. The normalized spacial score (nSPS) is 24.4. The number of aliphatic hydroxyl groups excluding tert-OH is 1. The van der Waals surface area contributed by atoms with Crippen LogP contribution in [0, 0.1) is 11.8 Å². The first-order valence-corrected chi connectivity index (χ1v) is 7.71. The predicted octanol–water partition coefficient (Wildman–Crippen LogP) is 3.14. The van der Waals surface area contributed by atoms with E-state index in [1.54, 1.807) is 7.11 Å². The summed E-state index contributed by atoms with van der Waals surface area (Å²) in [5.74, 6) is 2.47. The molecule has 0 saturated heterocycles. The molecular formula is C17H27NO2. The van der Waals surface area contributed by atoms with Crippen LogP contribution in [0.4, 0.5) is 0 Å². The highest BCUT2D eigenvalue weighted by atomic mass is 16.5. The van der Waals surface area contributed by atoms with Gasteiger partial charge in [0, 0.05) is 6.54 Å². The number of nitrogens with one attached hydrogen (secondary N) is 1. The van der Waals surface area contributed by atoms with Crippen LogP contribution < -0.4 is 10.1 Å². The minimum atomic E-state index is -0.465. The highest BCUT2D eigenvalue weighted by Crippen LogP contribution is 2.27. The molecule has 0 spiro atoms. The zero-order chi connectivity index (χ0) is 14.4. The Morgan fingerprint density at radius 3 is 2.75 bits per heavy atom. The van der Waals surface area contributed by atoms with E-state index in [0.717, 1.165) is 29.7 Å². The molecule has 1 atom stereocenters. The van der Waals surface area contributed by atoms with Crippen LogP contribution in [-0.2, 0) is 0 Å². The fraction of sp³-hybridized carbons (Fsp3) is 0.647. The molecule has 0 radical (unpaired) electrons. The Balaban J connectivity index is 1.73. The van der Waals surface area contributed by atoms with E-state index in [4.69, 9.17) is 4.74 Å². The van der Waals surface area contributed by atoms with Gasteiger partial charge in [-0.25, -0.2) is 0 Å². The van der Waals surface area contributed by atoms with Gasteiger partial charge in [0.1, 0.15) is 5.75 Å². The largest absolute Gasteiger partial charge is 0.497 e. The van der Waals surface area contributed by atoms with Crippen LogP contribution in [0.2, 0.25) is 0 Å². The van der Waals surface area contributed by atoms with Crippen LogP contribution in [0.3, 0.4) is 0 Å². The number of rotatable bonds is 6. The molecule has 1 aromatic carbocycles. The molecule has 2 rings (SSSR count). The maximum atomic E-state index is 10.2. The van der Waals surface area contributed by atoms with Crippen molar-refractivity contribution in [1.29, 1.82) is 0 Å². The molecule has 1 saturated carbocycles. The monoisotopic (exact) mass is 277 g/mol. The Morgan fingerprint density at radius 1 is 1.30 bits per heavy atom. The quantitative estimate of drug-likeness (QED) is 0.839. The van der Waals surface area contributed by atoms with Gasteiger partial charge in [0.2, 0.25) is 0 Å². The van der Waals surface area contributed by atoms with Gasteiger partial charge in [0.15, 0.2) is 0 Å². The molecule has 1 aliphatic rings. The summed E-state index contributed by atoms with van der Waals surface area (Å²) >= 11 is 0. The lowest BCUT2D eigenvalue weighted by atomic mass is 9.83. The maximum Gasteiger partial charge on any atom is 0.119 e. The topological polar surface area (TPSA) is 41.5 Å². The van der Waals surface area contributed by atoms with Crippen LogP contribution in [0.5, 0.6) is 5.75 Å². The van der Waals surface area contributed by atoms with Crippen molar-refractivity contribution in [1.82, 2.24) is 5.32 Å². The van der Waals surface area contributed by atoms with Crippen LogP contribution in [0.1, 0.15) is 44.3 Å².